The molecule has 2 rings (SSSR count). The van der Waals surface area contributed by atoms with Crippen molar-refractivity contribution in [3.8, 4) is 0 Å². The van der Waals surface area contributed by atoms with Crippen molar-refractivity contribution in [1.82, 2.24) is 0 Å². The van der Waals surface area contributed by atoms with Crippen LogP contribution in [0.5, 0.6) is 0 Å². The molecule has 10 nitrogen and oxygen atoms in total. The van der Waals surface area contributed by atoms with Gasteiger partial charge in [-0.25, -0.2) is 0 Å². The van der Waals surface area contributed by atoms with Gasteiger partial charge in [0, 0.05) is 12.1 Å². The van der Waals surface area contributed by atoms with Crippen molar-refractivity contribution >= 4 is 11.7 Å². The molecule has 0 aliphatic carbocycles. The average Bonchev–Trinajstić information content (AvgIpc) is 2.55. The second-order valence-electron chi connectivity index (χ2n) is 5.37. The molecule has 0 saturated carbocycles. The van der Waals surface area contributed by atoms with E-state index in [9.17, 15) is 25.1 Å². The molecule has 1 aliphatic heterocycles. The Balaban J connectivity index is 1.97. The third kappa shape index (κ3) is 4.04. The minimum absolute atomic E-state index is 0.104. The Bertz CT molecular complexity index is 591. The van der Waals surface area contributed by atoms with Gasteiger partial charge >= 0.3 is 5.97 Å². The highest BCUT2D eigenvalue weighted by atomic mass is 16.7. The molecule has 132 valence electrons. The molecule has 1 saturated heterocycles. The Hall–Kier alpha value is -2.11. The molecule has 5 atom stereocenters. The summed E-state index contributed by atoms with van der Waals surface area (Å²) >= 11 is 0. The number of carbonyl (C=O) groups excluding carboxylic acids is 1. The van der Waals surface area contributed by atoms with Gasteiger partial charge in [0.25, 0.3) is 5.69 Å². The number of carbonyl (C=O) groups is 1. The fraction of sp³-hybridized carbons (Fsp3) is 0.500. The number of aliphatic hydroxyl groups is 3. The fourth-order valence-electron chi connectivity index (χ4n) is 2.28. The largest absolute Gasteiger partial charge is 0.434 e. The van der Waals surface area contributed by atoms with Gasteiger partial charge in [-0.3, -0.25) is 14.9 Å². The molecule has 0 spiro atoms. The second-order valence-corrected chi connectivity index (χ2v) is 5.37. The van der Waals surface area contributed by atoms with E-state index in [2.05, 4.69) is 0 Å². The molecule has 0 bridgehead atoms. The zero-order valence-corrected chi connectivity index (χ0v) is 12.5. The van der Waals surface area contributed by atoms with Crippen LogP contribution in [0.4, 0.5) is 5.69 Å². The van der Waals surface area contributed by atoms with Crippen molar-refractivity contribution < 1.29 is 34.5 Å². The van der Waals surface area contributed by atoms with Crippen molar-refractivity contribution in [3.05, 3.63) is 39.9 Å². The van der Waals surface area contributed by atoms with E-state index in [-0.39, 0.29) is 12.1 Å². The monoisotopic (exact) mass is 342 g/mol. The number of nitrogens with zero attached hydrogens (tertiary/aromatic N) is 1. The molecular weight excluding hydrogens is 324 g/mol. The minimum atomic E-state index is -1.42. The molecule has 10 heteroatoms. The Morgan fingerprint density at radius 3 is 2.46 bits per heavy atom. The Labute approximate surface area is 136 Å². The van der Waals surface area contributed by atoms with Crippen molar-refractivity contribution in [2.75, 3.05) is 6.61 Å². The summed E-state index contributed by atoms with van der Waals surface area (Å²) < 4.78 is 10.2. The third-order valence-electron chi connectivity index (χ3n) is 3.67. The molecule has 1 aromatic carbocycles. The van der Waals surface area contributed by atoms with Crippen LogP contribution in [-0.4, -0.2) is 63.5 Å². The molecular formula is C14H18N2O8. The number of esters is 1. The van der Waals surface area contributed by atoms with E-state index < -0.39 is 48.1 Å². The average molecular weight is 342 g/mol. The molecule has 5 N–H and O–H groups in total. The lowest BCUT2D eigenvalue weighted by Gasteiger charge is -2.39. The Kier molecular flexibility index (Phi) is 5.80. The van der Waals surface area contributed by atoms with Gasteiger partial charge < -0.3 is 30.5 Å². The summed E-state index contributed by atoms with van der Waals surface area (Å²) in [5.74, 6) is -0.732. The van der Waals surface area contributed by atoms with Crippen LogP contribution in [0, 0.1) is 10.1 Å². The number of ether oxygens (including phenoxy) is 2. The number of rotatable bonds is 5. The number of nitro benzene ring substituents is 1. The summed E-state index contributed by atoms with van der Waals surface area (Å²) in [6.07, 6.45) is -5.46. The predicted octanol–water partition coefficient (Wildman–Crippen LogP) is -1.55. The van der Waals surface area contributed by atoms with E-state index in [4.69, 9.17) is 20.3 Å². The molecule has 0 amide bonds. The quantitative estimate of drug-likeness (QED) is 0.281. The maximum Gasteiger partial charge on any atom is 0.312 e. The molecule has 1 aromatic rings. The first-order valence-corrected chi connectivity index (χ1v) is 7.14. The van der Waals surface area contributed by atoms with Crippen LogP contribution in [0.3, 0.4) is 0 Å². The first kappa shape index (κ1) is 18.2. The zero-order chi connectivity index (χ0) is 17.9. The van der Waals surface area contributed by atoms with Crippen molar-refractivity contribution in [3.63, 3.8) is 0 Å². The van der Waals surface area contributed by atoms with E-state index in [0.29, 0.717) is 5.56 Å². The fourth-order valence-corrected chi connectivity index (χ4v) is 2.28. The summed E-state index contributed by atoms with van der Waals surface area (Å²) in [5.41, 5.74) is 6.03. The van der Waals surface area contributed by atoms with Gasteiger partial charge in [-0.15, -0.1) is 0 Å². The molecule has 24 heavy (non-hydrogen) atoms. The van der Waals surface area contributed by atoms with Gasteiger partial charge in [-0.2, -0.15) is 0 Å². The number of nitrogens with two attached hydrogens (primary N) is 1. The standard InChI is InChI=1S/C14H18N2O8/c15-11-13(20)12(19)9(6-17)23-14(11)24-10(18)5-7-1-3-8(4-2-7)16(21)22/h1-4,9,11-14,17,19-20H,5-6,15H2/t9-,11-,12-,13-,14+/m1/s1. The van der Waals surface area contributed by atoms with Gasteiger partial charge in [-0.05, 0) is 5.56 Å². The first-order valence-electron chi connectivity index (χ1n) is 7.14. The van der Waals surface area contributed by atoms with Gasteiger partial charge in [0.2, 0.25) is 6.29 Å². The van der Waals surface area contributed by atoms with Crippen LogP contribution in [-0.2, 0) is 20.7 Å². The zero-order valence-electron chi connectivity index (χ0n) is 12.5. The van der Waals surface area contributed by atoms with Crippen molar-refractivity contribution in [2.24, 2.45) is 5.73 Å². The van der Waals surface area contributed by atoms with E-state index in [1.807, 2.05) is 0 Å². The maximum absolute atomic E-state index is 11.9. The second kappa shape index (κ2) is 7.64. The van der Waals surface area contributed by atoms with Crippen LogP contribution in [0.15, 0.2) is 24.3 Å². The summed E-state index contributed by atoms with van der Waals surface area (Å²) in [7, 11) is 0. The normalized spacial score (nSPS) is 29.9. The molecule has 1 aliphatic rings. The number of hydrogen-bond acceptors (Lipinski definition) is 9. The lowest BCUT2D eigenvalue weighted by molar-refractivity contribution is -0.384. The van der Waals surface area contributed by atoms with Gasteiger partial charge in [0.05, 0.1) is 24.0 Å². The minimum Gasteiger partial charge on any atom is -0.434 e. The number of aliphatic hydroxyl groups excluding tert-OH is 3. The Morgan fingerprint density at radius 2 is 1.92 bits per heavy atom. The highest BCUT2D eigenvalue weighted by Crippen LogP contribution is 2.21. The summed E-state index contributed by atoms with van der Waals surface area (Å²) in [5, 5.41) is 39.1. The van der Waals surface area contributed by atoms with Crippen LogP contribution < -0.4 is 5.73 Å². The van der Waals surface area contributed by atoms with Crippen molar-refractivity contribution in [1.29, 1.82) is 0 Å². The van der Waals surface area contributed by atoms with Crippen LogP contribution in [0.1, 0.15) is 5.56 Å². The maximum atomic E-state index is 11.9. The van der Waals surface area contributed by atoms with Gasteiger partial charge in [-0.1, -0.05) is 12.1 Å². The van der Waals surface area contributed by atoms with E-state index >= 15 is 0 Å². The topological polar surface area (TPSA) is 165 Å². The highest BCUT2D eigenvalue weighted by molar-refractivity contribution is 5.72. The van der Waals surface area contributed by atoms with Crippen LogP contribution >= 0.6 is 0 Å². The summed E-state index contributed by atoms with van der Waals surface area (Å²) in [6.45, 7) is -0.582. The molecule has 0 unspecified atom stereocenters. The SMILES string of the molecule is N[C@H]1[C@H](OC(=O)Cc2ccc([N+](=O)[O-])cc2)O[C@H](CO)[C@@H](O)[C@@H]1O. The number of nitro groups is 1. The molecule has 0 radical (unpaired) electrons. The highest BCUT2D eigenvalue weighted by Gasteiger charge is 2.44. The lowest BCUT2D eigenvalue weighted by Crippen LogP contribution is -2.62. The van der Waals surface area contributed by atoms with Gasteiger partial charge in [0.1, 0.15) is 18.3 Å². The summed E-state index contributed by atoms with van der Waals surface area (Å²) in [4.78, 5) is 21.9. The predicted molar refractivity (Wildman–Crippen MR) is 78.6 cm³/mol. The lowest BCUT2D eigenvalue weighted by atomic mass is 9.98. The first-order chi connectivity index (χ1) is 11.3. The summed E-state index contributed by atoms with van der Waals surface area (Å²) in [6, 6.07) is 4.16. The number of non-ortho nitro benzene ring substituents is 1. The molecule has 0 aromatic heterocycles. The molecule has 1 heterocycles. The van der Waals surface area contributed by atoms with E-state index in [0.717, 1.165) is 0 Å². The van der Waals surface area contributed by atoms with E-state index in [1.54, 1.807) is 0 Å². The molecule has 1 fully saturated rings. The van der Waals surface area contributed by atoms with Gasteiger partial charge in [0.15, 0.2) is 0 Å². The smallest absolute Gasteiger partial charge is 0.312 e. The van der Waals surface area contributed by atoms with Crippen molar-refractivity contribution in [2.45, 2.75) is 37.1 Å². The number of hydrogen-bond donors (Lipinski definition) is 4. The third-order valence-corrected chi connectivity index (χ3v) is 3.67. The van der Waals surface area contributed by atoms with Crippen LogP contribution in [0.25, 0.3) is 0 Å². The van der Waals surface area contributed by atoms with Crippen LogP contribution in [0.2, 0.25) is 0 Å². The van der Waals surface area contributed by atoms with E-state index in [1.165, 1.54) is 24.3 Å². The number of benzene rings is 1. The Morgan fingerprint density at radius 1 is 1.29 bits per heavy atom.